The van der Waals surface area contributed by atoms with Crippen LogP contribution in [0.5, 0.6) is 0 Å². The van der Waals surface area contributed by atoms with E-state index >= 15 is 0 Å². The van der Waals surface area contributed by atoms with Crippen molar-refractivity contribution in [3.05, 3.63) is 40.9 Å². The van der Waals surface area contributed by atoms with Crippen LogP contribution in [0.3, 0.4) is 0 Å². The Morgan fingerprint density at radius 2 is 2.20 bits per heavy atom. The van der Waals surface area contributed by atoms with Gasteiger partial charge in [0.25, 0.3) is 0 Å². The first kappa shape index (κ1) is 14.4. The van der Waals surface area contributed by atoms with Crippen molar-refractivity contribution in [2.45, 2.75) is 12.8 Å². The van der Waals surface area contributed by atoms with Crippen LogP contribution in [0.15, 0.2) is 23.6 Å². The molecule has 1 aromatic carbocycles. The molecule has 0 aliphatic carbocycles. The molecule has 0 unspecified atom stereocenters. The van der Waals surface area contributed by atoms with E-state index in [-0.39, 0.29) is 12.4 Å². The molecular formula is C13H12F2N2O2S. The SMILES string of the molecule is COC(=O)CCc1csc(Nc2ccc(F)c(F)c2)n1. The van der Waals surface area contributed by atoms with Crippen molar-refractivity contribution >= 4 is 28.1 Å². The molecule has 0 atom stereocenters. The van der Waals surface area contributed by atoms with E-state index in [0.29, 0.717) is 17.2 Å². The van der Waals surface area contributed by atoms with Gasteiger partial charge in [-0.15, -0.1) is 11.3 Å². The van der Waals surface area contributed by atoms with Crippen molar-refractivity contribution in [3.8, 4) is 0 Å². The van der Waals surface area contributed by atoms with Crippen LogP contribution >= 0.6 is 11.3 Å². The Balaban J connectivity index is 1.98. The zero-order valence-electron chi connectivity index (χ0n) is 10.7. The van der Waals surface area contributed by atoms with Crippen molar-refractivity contribution in [1.82, 2.24) is 4.98 Å². The van der Waals surface area contributed by atoms with Crippen LogP contribution in [0.2, 0.25) is 0 Å². The highest BCUT2D eigenvalue weighted by Gasteiger charge is 2.07. The summed E-state index contributed by atoms with van der Waals surface area (Å²) in [5.41, 5.74) is 1.16. The number of carbonyl (C=O) groups excluding carboxylic acids is 1. The van der Waals surface area contributed by atoms with Crippen LogP contribution in [-0.2, 0) is 16.0 Å². The summed E-state index contributed by atoms with van der Waals surface area (Å²) in [6, 6.07) is 3.53. The Kier molecular flexibility index (Phi) is 4.62. The van der Waals surface area contributed by atoms with Gasteiger partial charge in [-0.05, 0) is 12.1 Å². The second-order valence-electron chi connectivity index (χ2n) is 3.97. The lowest BCUT2D eigenvalue weighted by Gasteiger charge is -2.02. The van der Waals surface area contributed by atoms with Crippen LogP contribution in [0.4, 0.5) is 19.6 Å². The molecule has 1 N–H and O–H groups in total. The van der Waals surface area contributed by atoms with Gasteiger partial charge < -0.3 is 10.1 Å². The number of thiazole rings is 1. The molecule has 0 aliphatic heterocycles. The lowest BCUT2D eigenvalue weighted by molar-refractivity contribution is -0.140. The zero-order valence-corrected chi connectivity index (χ0v) is 11.5. The predicted octanol–water partition coefficient (Wildman–Crippen LogP) is 3.27. The second-order valence-corrected chi connectivity index (χ2v) is 4.83. The number of ether oxygens (including phenoxy) is 1. The van der Waals surface area contributed by atoms with E-state index in [4.69, 9.17) is 0 Å². The number of esters is 1. The van der Waals surface area contributed by atoms with Gasteiger partial charge in [-0.3, -0.25) is 4.79 Å². The van der Waals surface area contributed by atoms with Crippen LogP contribution in [0.25, 0.3) is 0 Å². The van der Waals surface area contributed by atoms with E-state index < -0.39 is 11.6 Å². The number of rotatable bonds is 5. The standard InChI is InChI=1S/C13H12F2N2O2S/c1-19-12(18)5-3-9-7-20-13(17-9)16-8-2-4-10(14)11(15)6-8/h2,4,6-7H,3,5H2,1H3,(H,16,17). The Hall–Kier alpha value is -2.02. The highest BCUT2D eigenvalue weighted by atomic mass is 32.1. The smallest absolute Gasteiger partial charge is 0.305 e. The summed E-state index contributed by atoms with van der Waals surface area (Å²) in [6.07, 6.45) is 0.730. The summed E-state index contributed by atoms with van der Waals surface area (Å²) in [5, 5.41) is 5.23. The molecule has 20 heavy (non-hydrogen) atoms. The average molecular weight is 298 g/mol. The number of aromatic nitrogens is 1. The quantitative estimate of drug-likeness (QED) is 0.861. The molecule has 0 saturated heterocycles. The summed E-state index contributed by atoms with van der Waals surface area (Å²) in [5.74, 6) is -2.11. The van der Waals surface area contributed by atoms with Gasteiger partial charge in [-0.1, -0.05) is 0 Å². The minimum atomic E-state index is -0.919. The summed E-state index contributed by atoms with van der Waals surface area (Å²) < 4.78 is 30.4. The maximum atomic E-state index is 13.1. The van der Waals surface area contributed by atoms with Crippen LogP contribution < -0.4 is 5.32 Å². The lowest BCUT2D eigenvalue weighted by Crippen LogP contribution is -2.02. The molecule has 0 amide bonds. The number of nitrogens with zero attached hydrogens (tertiary/aromatic N) is 1. The normalized spacial score (nSPS) is 10.3. The monoisotopic (exact) mass is 298 g/mol. The van der Waals surface area contributed by atoms with Crippen molar-refractivity contribution < 1.29 is 18.3 Å². The van der Waals surface area contributed by atoms with Crippen molar-refractivity contribution in [3.63, 3.8) is 0 Å². The number of benzene rings is 1. The predicted molar refractivity (Wildman–Crippen MR) is 72.1 cm³/mol. The maximum absolute atomic E-state index is 13.1. The highest BCUT2D eigenvalue weighted by molar-refractivity contribution is 7.13. The second kappa shape index (κ2) is 6.42. The van der Waals surface area contributed by atoms with E-state index in [1.165, 1.54) is 24.5 Å². The van der Waals surface area contributed by atoms with E-state index in [9.17, 15) is 13.6 Å². The zero-order chi connectivity index (χ0) is 14.5. The molecule has 0 aliphatic rings. The van der Waals surface area contributed by atoms with E-state index in [1.807, 2.05) is 0 Å². The Bertz CT molecular complexity index is 616. The number of methoxy groups -OCH3 is 1. The molecule has 4 nitrogen and oxygen atoms in total. The molecule has 106 valence electrons. The molecule has 2 rings (SSSR count). The average Bonchev–Trinajstić information content (AvgIpc) is 2.88. The fourth-order valence-corrected chi connectivity index (χ4v) is 2.27. The molecule has 0 radical (unpaired) electrons. The third-order valence-electron chi connectivity index (χ3n) is 2.54. The molecule has 7 heteroatoms. The topological polar surface area (TPSA) is 51.2 Å². The number of hydrogen-bond donors (Lipinski definition) is 1. The maximum Gasteiger partial charge on any atom is 0.305 e. The van der Waals surface area contributed by atoms with Gasteiger partial charge in [0.15, 0.2) is 16.8 Å². The number of anilines is 2. The molecule has 0 saturated carbocycles. The molecule has 0 spiro atoms. The number of nitrogens with one attached hydrogen (secondary N) is 1. The summed E-state index contributed by atoms with van der Waals surface area (Å²) in [4.78, 5) is 15.3. The number of aryl methyl sites for hydroxylation is 1. The molecule has 1 heterocycles. The van der Waals surface area contributed by atoms with E-state index in [1.54, 1.807) is 5.38 Å². The first-order chi connectivity index (χ1) is 9.58. The van der Waals surface area contributed by atoms with Gasteiger partial charge in [0.1, 0.15) is 0 Å². The highest BCUT2D eigenvalue weighted by Crippen LogP contribution is 2.22. The van der Waals surface area contributed by atoms with Gasteiger partial charge >= 0.3 is 5.97 Å². The number of halogens is 2. The molecule has 0 fully saturated rings. The lowest BCUT2D eigenvalue weighted by atomic mass is 10.2. The van der Waals surface area contributed by atoms with E-state index in [0.717, 1.165) is 17.8 Å². The fraction of sp³-hybridized carbons (Fsp3) is 0.231. The van der Waals surface area contributed by atoms with Crippen molar-refractivity contribution in [2.75, 3.05) is 12.4 Å². The van der Waals surface area contributed by atoms with Gasteiger partial charge in [-0.25, -0.2) is 13.8 Å². The van der Waals surface area contributed by atoms with Gasteiger partial charge in [0, 0.05) is 23.6 Å². The molecular weight excluding hydrogens is 286 g/mol. The van der Waals surface area contributed by atoms with Crippen LogP contribution in [0.1, 0.15) is 12.1 Å². The minimum Gasteiger partial charge on any atom is -0.469 e. The third-order valence-corrected chi connectivity index (χ3v) is 3.34. The molecule has 2 aromatic rings. The van der Waals surface area contributed by atoms with Gasteiger partial charge in [-0.2, -0.15) is 0 Å². The van der Waals surface area contributed by atoms with Crippen molar-refractivity contribution in [1.29, 1.82) is 0 Å². The molecule has 1 aromatic heterocycles. The van der Waals surface area contributed by atoms with E-state index in [2.05, 4.69) is 15.0 Å². The third kappa shape index (κ3) is 3.74. The summed E-state index contributed by atoms with van der Waals surface area (Å²) in [7, 11) is 1.33. The summed E-state index contributed by atoms with van der Waals surface area (Å²) >= 11 is 1.32. The van der Waals surface area contributed by atoms with Gasteiger partial charge in [0.2, 0.25) is 0 Å². The number of carbonyl (C=O) groups is 1. The van der Waals surface area contributed by atoms with Crippen LogP contribution in [0, 0.1) is 11.6 Å². The van der Waals surface area contributed by atoms with Crippen molar-refractivity contribution in [2.24, 2.45) is 0 Å². The molecule has 0 bridgehead atoms. The minimum absolute atomic E-state index is 0.255. The number of hydrogen-bond acceptors (Lipinski definition) is 5. The van der Waals surface area contributed by atoms with Gasteiger partial charge in [0.05, 0.1) is 19.2 Å². The fourth-order valence-electron chi connectivity index (χ4n) is 1.51. The summed E-state index contributed by atoms with van der Waals surface area (Å²) in [6.45, 7) is 0. The first-order valence-electron chi connectivity index (χ1n) is 5.82. The Morgan fingerprint density at radius 3 is 2.90 bits per heavy atom. The first-order valence-corrected chi connectivity index (χ1v) is 6.69. The largest absolute Gasteiger partial charge is 0.469 e. The van der Waals surface area contributed by atoms with Crippen LogP contribution in [-0.4, -0.2) is 18.1 Å². The Morgan fingerprint density at radius 1 is 1.40 bits per heavy atom. The Labute approximate surface area is 118 Å².